The molecule has 0 bridgehead atoms. The minimum Gasteiger partial charge on any atom is -0.481 e. The Morgan fingerprint density at radius 3 is 2.64 bits per heavy atom. The van der Waals surface area contributed by atoms with E-state index in [1.54, 1.807) is 4.90 Å². The fourth-order valence-electron chi connectivity index (χ4n) is 1.42. The molecule has 1 heterocycles. The van der Waals surface area contributed by atoms with E-state index in [0.29, 0.717) is 19.4 Å². The summed E-state index contributed by atoms with van der Waals surface area (Å²) in [6, 6.07) is 0. The van der Waals surface area contributed by atoms with Gasteiger partial charge in [0.25, 0.3) is 0 Å². The fraction of sp³-hybridized carbons (Fsp3) is 0.600. The van der Waals surface area contributed by atoms with Gasteiger partial charge >= 0.3 is 5.97 Å². The van der Waals surface area contributed by atoms with E-state index in [9.17, 15) is 9.59 Å². The molecule has 0 fully saturated rings. The average molecular weight is 197 g/mol. The Balaban J connectivity index is 2.20. The van der Waals surface area contributed by atoms with Gasteiger partial charge in [0.1, 0.15) is 0 Å². The molecule has 0 radical (unpaired) electrons. The van der Waals surface area contributed by atoms with Gasteiger partial charge in [-0.3, -0.25) is 9.59 Å². The van der Waals surface area contributed by atoms with Gasteiger partial charge in [0.05, 0.1) is 0 Å². The van der Waals surface area contributed by atoms with Crippen LogP contribution in [0.15, 0.2) is 12.2 Å². The Kier molecular flexibility index (Phi) is 4.16. The second-order valence-corrected chi connectivity index (χ2v) is 3.35. The van der Waals surface area contributed by atoms with Crippen LogP contribution in [0, 0.1) is 0 Å². The third-order valence-electron chi connectivity index (χ3n) is 2.19. The van der Waals surface area contributed by atoms with Crippen molar-refractivity contribution in [1.29, 1.82) is 0 Å². The minimum atomic E-state index is -0.837. The van der Waals surface area contributed by atoms with E-state index in [0.717, 1.165) is 13.0 Å². The third-order valence-corrected chi connectivity index (χ3v) is 2.19. The summed E-state index contributed by atoms with van der Waals surface area (Å²) in [6.07, 6.45) is 5.80. The maximum Gasteiger partial charge on any atom is 0.303 e. The van der Waals surface area contributed by atoms with E-state index in [1.165, 1.54) is 0 Å². The topological polar surface area (TPSA) is 57.6 Å². The highest BCUT2D eigenvalue weighted by atomic mass is 16.4. The zero-order valence-electron chi connectivity index (χ0n) is 8.11. The summed E-state index contributed by atoms with van der Waals surface area (Å²) in [6.45, 7) is 1.44. The predicted molar refractivity (Wildman–Crippen MR) is 51.8 cm³/mol. The van der Waals surface area contributed by atoms with Crippen molar-refractivity contribution in [1.82, 2.24) is 4.90 Å². The molecule has 1 aliphatic heterocycles. The second-order valence-electron chi connectivity index (χ2n) is 3.35. The molecule has 0 unspecified atom stereocenters. The van der Waals surface area contributed by atoms with E-state index in [1.807, 2.05) is 6.08 Å². The van der Waals surface area contributed by atoms with E-state index in [2.05, 4.69) is 6.08 Å². The fourth-order valence-corrected chi connectivity index (χ4v) is 1.42. The van der Waals surface area contributed by atoms with Crippen LogP contribution in [0.1, 0.15) is 25.7 Å². The van der Waals surface area contributed by atoms with Crippen molar-refractivity contribution >= 4 is 11.9 Å². The third kappa shape index (κ3) is 3.60. The number of carbonyl (C=O) groups is 2. The lowest BCUT2D eigenvalue weighted by Gasteiger charge is -2.23. The van der Waals surface area contributed by atoms with Crippen molar-refractivity contribution in [3.05, 3.63) is 12.2 Å². The van der Waals surface area contributed by atoms with Crippen LogP contribution < -0.4 is 0 Å². The van der Waals surface area contributed by atoms with Crippen LogP contribution in [0.3, 0.4) is 0 Å². The number of hydrogen-bond donors (Lipinski definition) is 1. The number of carbonyl (C=O) groups excluding carboxylic acids is 1. The largest absolute Gasteiger partial charge is 0.481 e. The highest BCUT2D eigenvalue weighted by Gasteiger charge is 2.13. The molecule has 1 aliphatic rings. The van der Waals surface area contributed by atoms with E-state index < -0.39 is 5.97 Å². The van der Waals surface area contributed by atoms with Gasteiger partial charge in [-0.15, -0.1) is 0 Å². The van der Waals surface area contributed by atoms with Crippen molar-refractivity contribution in [2.75, 3.05) is 13.1 Å². The molecule has 4 nitrogen and oxygen atoms in total. The molecule has 0 saturated heterocycles. The molecular formula is C10H15NO3. The van der Waals surface area contributed by atoms with Crippen LogP contribution in [0.4, 0.5) is 0 Å². The Hall–Kier alpha value is -1.32. The molecule has 78 valence electrons. The monoisotopic (exact) mass is 197 g/mol. The van der Waals surface area contributed by atoms with Crippen LogP contribution in [0.25, 0.3) is 0 Å². The molecule has 0 aliphatic carbocycles. The zero-order chi connectivity index (χ0) is 10.4. The Labute approximate surface area is 83.2 Å². The van der Waals surface area contributed by atoms with Gasteiger partial charge in [-0.2, -0.15) is 0 Å². The summed E-state index contributed by atoms with van der Waals surface area (Å²) in [7, 11) is 0. The van der Waals surface area contributed by atoms with Crippen LogP contribution in [0.5, 0.6) is 0 Å². The molecule has 0 spiro atoms. The standard InChI is InChI=1S/C10H15NO3/c12-9(5-4-6-10(13)14)11-7-2-1-3-8-11/h1-2H,3-8H2,(H,13,14). The van der Waals surface area contributed by atoms with E-state index >= 15 is 0 Å². The number of nitrogens with zero attached hydrogens (tertiary/aromatic N) is 1. The minimum absolute atomic E-state index is 0.0654. The van der Waals surface area contributed by atoms with Crippen LogP contribution in [-0.4, -0.2) is 35.0 Å². The number of carboxylic acids is 1. The van der Waals surface area contributed by atoms with Crippen molar-refractivity contribution in [3.63, 3.8) is 0 Å². The highest BCUT2D eigenvalue weighted by Crippen LogP contribution is 2.06. The first-order chi connectivity index (χ1) is 6.70. The molecule has 0 atom stereocenters. The van der Waals surface area contributed by atoms with Crippen molar-refractivity contribution in [2.45, 2.75) is 25.7 Å². The van der Waals surface area contributed by atoms with Crippen molar-refractivity contribution in [3.8, 4) is 0 Å². The maximum atomic E-state index is 11.5. The average Bonchev–Trinajstić information content (AvgIpc) is 2.18. The molecule has 0 saturated carbocycles. The Bertz CT molecular complexity index is 248. The van der Waals surface area contributed by atoms with Crippen LogP contribution >= 0.6 is 0 Å². The lowest BCUT2D eigenvalue weighted by atomic mass is 10.2. The summed E-state index contributed by atoms with van der Waals surface area (Å²) in [5, 5.41) is 8.40. The molecule has 14 heavy (non-hydrogen) atoms. The Morgan fingerprint density at radius 2 is 2.07 bits per heavy atom. The number of hydrogen-bond acceptors (Lipinski definition) is 2. The van der Waals surface area contributed by atoms with Gasteiger partial charge in [0.2, 0.25) is 5.91 Å². The van der Waals surface area contributed by atoms with E-state index in [4.69, 9.17) is 5.11 Å². The summed E-state index contributed by atoms with van der Waals surface area (Å²) in [4.78, 5) is 23.5. The van der Waals surface area contributed by atoms with Gasteiger partial charge in [-0.25, -0.2) is 0 Å². The van der Waals surface area contributed by atoms with Gasteiger partial charge in [0, 0.05) is 25.9 Å². The smallest absolute Gasteiger partial charge is 0.303 e. The van der Waals surface area contributed by atoms with Crippen LogP contribution in [0.2, 0.25) is 0 Å². The van der Waals surface area contributed by atoms with Crippen molar-refractivity contribution in [2.24, 2.45) is 0 Å². The van der Waals surface area contributed by atoms with Gasteiger partial charge in [-0.1, -0.05) is 12.2 Å². The van der Waals surface area contributed by atoms with E-state index in [-0.39, 0.29) is 12.3 Å². The summed E-state index contributed by atoms with van der Waals surface area (Å²) in [5.74, 6) is -0.771. The molecule has 0 aromatic heterocycles. The molecule has 0 aromatic carbocycles. The number of rotatable bonds is 4. The quantitative estimate of drug-likeness (QED) is 0.685. The second kappa shape index (κ2) is 5.42. The zero-order valence-corrected chi connectivity index (χ0v) is 8.11. The lowest BCUT2D eigenvalue weighted by molar-refractivity contribution is -0.137. The summed E-state index contributed by atoms with van der Waals surface area (Å²) in [5.41, 5.74) is 0. The maximum absolute atomic E-state index is 11.5. The van der Waals surface area contributed by atoms with Gasteiger partial charge in [0.15, 0.2) is 0 Å². The molecule has 1 rings (SSSR count). The number of amides is 1. The summed E-state index contributed by atoms with van der Waals surface area (Å²) >= 11 is 0. The lowest BCUT2D eigenvalue weighted by Crippen LogP contribution is -2.33. The molecule has 4 heteroatoms. The van der Waals surface area contributed by atoms with Crippen LogP contribution in [-0.2, 0) is 9.59 Å². The summed E-state index contributed by atoms with van der Waals surface area (Å²) < 4.78 is 0. The van der Waals surface area contributed by atoms with Gasteiger partial charge in [-0.05, 0) is 12.8 Å². The first-order valence-electron chi connectivity index (χ1n) is 4.84. The first kappa shape index (κ1) is 10.8. The predicted octanol–water partition coefficient (Wildman–Crippen LogP) is 1.03. The highest BCUT2D eigenvalue weighted by molar-refractivity contribution is 5.77. The first-order valence-corrected chi connectivity index (χ1v) is 4.84. The SMILES string of the molecule is O=C(O)CCCC(=O)N1CC=CCC1. The molecule has 1 N–H and O–H groups in total. The van der Waals surface area contributed by atoms with Crippen molar-refractivity contribution < 1.29 is 14.7 Å². The number of aliphatic carboxylic acids is 1. The molecule has 0 aromatic rings. The number of carboxylic acid groups (broad SMARTS) is 1. The molecule has 1 amide bonds. The molecular weight excluding hydrogens is 182 g/mol. The van der Waals surface area contributed by atoms with Gasteiger partial charge < -0.3 is 10.0 Å². The normalized spacial score (nSPS) is 15.6. The Morgan fingerprint density at radius 1 is 1.29 bits per heavy atom.